The highest BCUT2D eigenvalue weighted by Gasteiger charge is 2.29. The minimum atomic E-state index is 0.984. The van der Waals surface area contributed by atoms with E-state index < -0.39 is 0 Å². The lowest BCUT2D eigenvalue weighted by Crippen LogP contribution is -2.44. The molecule has 1 aliphatic heterocycles. The first-order valence-electron chi connectivity index (χ1n) is 6.53. The summed E-state index contributed by atoms with van der Waals surface area (Å²) in [7, 11) is 2.46. The first kappa shape index (κ1) is 12.0. The van der Waals surface area contributed by atoms with E-state index in [4.69, 9.17) is 0 Å². The zero-order chi connectivity index (χ0) is 10.4. The van der Waals surface area contributed by atoms with Gasteiger partial charge in [-0.2, -0.15) is 0 Å². The number of hydrogen-bond donors (Lipinski definition) is 0. The van der Waals surface area contributed by atoms with Gasteiger partial charge in [0.25, 0.3) is 0 Å². The van der Waals surface area contributed by atoms with Crippen LogP contribution in [0.2, 0.25) is 0 Å². The smallest absolute Gasteiger partial charge is 0.0813 e. The fourth-order valence-corrected chi connectivity index (χ4v) is 2.82. The summed E-state index contributed by atoms with van der Waals surface area (Å²) < 4.78 is 1.36. The SMILES string of the molecule is CCCCC(CC)C[N+]1(C)CCCC1. The van der Waals surface area contributed by atoms with Gasteiger partial charge in [-0.15, -0.1) is 0 Å². The van der Waals surface area contributed by atoms with Crippen molar-refractivity contribution in [2.75, 3.05) is 26.7 Å². The second-order valence-electron chi connectivity index (χ2n) is 5.37. The van der Waals surface area contributed by atoms with Gasteiger partial charge in [0.1, 0.15) is 0 Å². The molecule has 0 aliphatic carbocycles. The minimum Gasteiger partial charge on any atom is -0.326 e. The molecule has 1 fully saturated rings. The van der Waals surface area contributed by atoms with Gasteiger partial charge in [-0.05, 0) is 12.8 Å². The van der Waals surface area contributed by atoms with Crippen molar-refractivity contribution in [3.63, 3.8) is 0 Å². The Morgan fingerprint density at radius 1 is 1.14 bits per heavy atom. The molecular weight excluding hydrogens is 170 g/mol. The van der Waals surface area contributed by atoms with E-state index in [1.807, 2.05) is 0 Å². The maximum atomic E-state index is 2.46. The van der Waals surface area contributed by atoms with E-state index in [0.717, 1.165) is 5.92 Å². The van der Waals surface area contributed by atoms with E-state index in [9.17, 15) is 0 Å². The molecule has 0 aromatic carbocycles. The fraction of sp³-hybridized carbons (Fsp3) is 1.00. The molecule has 0 saturated carbocycles. The predicted molar refractivity (Wildman–Crippen MR) is 63.3 cm³/mol. The van der Waals surface area contributed by atoms with E-state index in [1.54, 1.807) is 0 Å². The van der Waals surface area contributed by atoms with Gasteiger partial charge >= 0.3 is 0 Å². The van der Waals surface area contributed by atoms with E-state index >= 15 is 0 Å². The van der Waals surface area contributed by atoms with Crippen LogP contribution in [0.1, 0.15) is 52.4 Å². The summed E-state index contributed by atoms with van der Waals surface area (Å²) in [6.07, 6.45) is 8.55. The summed E-state index contributed by atoms with van der Waals surface area (Å²) in [5.41, 5.74) is 0. The van der Waals surface area contributed by atoms with Gasteiger partial charge in [0.15, 0.2) is 0 Å². The quantitative estimate of drug-likeness (QED) is 0.574. The van der Waals surface area contributed by atoms with Crippen molar-refractivity contribution in [1.29, 1.82) is 0 Å². The van der Waals surface area contributed by atoms with Crippen molar-refractivity contribution in [2.24, 2.45) is 5.92 Å². The normalized spacial score (nSPS) is 22.5. The third-order valence-corrected chi connectivity index (χ3v) is 3.89. The largest absolute Gasteiger partial charge is 0.326 e. The van der Waals surface area contributed by atoms with Crippen LogP contribution in [0, 0.1) is 5.92 Å². The molecule has 0 radical (unpaired) electrons. The van der Waals surface area contributed by atoms with Gasteiger partial charge < -0.3 is 4.48 Å². The molecule has 0 aromatic heterocycles. The number of rotatable bonds is 6. The second kappa shape index (κ2) is 5.75. The highest BCUT2D eigenvalue weighted by molar-refractivity contribution is 4.60. The van der Waals surface area contributed by atoms with Gasteiger partial charge in [-0.3, -0.25) is 0 Å². The Kier molecular flexibility index (Phi) is 4.94. The molecule has 0 bridgehead atoms. The van der Waals surface area contributed by atoms with Gasteiger partial charge in [0.2, 0.25) is 0 Å². The summed E-state index contributed by atoms with van der Waals surface area (Å²) in [5, 5.41) is 0. The lowest BCUT2D eigenvalue weighted by atomic mass is 9.98. The summed E-state index contributed by atoms with van der Waals surface area (Å²) in [6, 6.07) is 0. The lowest BCUT2D eigenvalue weighted by molar-refractivity contribution is -0.901. The molecule has 14 heavy (non-hydrogen) atoms. The Morgan fingerprint density at radius 3 is 2.29 bits per heavy atom. The summed E-state index contributed by atoms with van der Waals surface area (Å²) in [5.74, 6) is 0.984. The van der Waals surface area contributed by atoms with E-state index in [-0.39, 0.29) is 0 Å². The zero-order valence-corrected chi connectivity index (χ0v) is 10.4. The Morgan fingerprint density at radius 2 is 1.79 bits per heavy atom. The van der Waals surface area contributed by atoms with Crippen molar-refractivity contribution < 1.29 is 4.48 Å². The van der Waals surface area contributed by atoms with Crippen LogP contribution in [0.25, 0.3) is 0 Å². The zero-order valence-electron chi connectivity index (χ0n) is 10.4. The number of quaternary nitrogens is 1. The fourth-order valence-electron chi connectivity index (χ4n) is 2.82. The van der Waals surface area contributed by atoms with Crippen LogP contribution >= 0.6 is 0 Å². The minimum absolute atomic E-state index is 0.984. The van der Waals surface area contributed by atoms with E-state index in [1.165, 1.54) is 62.6 Å². The van der Waals surface area contributed by atoms with Crippen molar-refractivity contribution >= 4 is 0 Å². The average molecular weight is 198 g/mol. The molecule has 1 rings (SSSR count). The van der Waals surface area contributed by atoms with Crippen molar-refractivity contribution in [2.45, 2.75) is 52.4 Å². The first-order valence-corrected chi connectivity index (χ1v) is 6.53. The van der Waals surface area contributed by atoms with Crippen LogP contribution in [-0.4, -0.2) is 31.2 Å². The maximum absolute atomic E-state index is 2.46. The molecule has 1 atom stereocenters. The van der Waals surface area contributed by atoms with Crippen LogP contribution in [0.4, 0.5) is 0 Å². The summed E-state index contributed by atoms with van der Waals surface area (Å²) in [6.45, 7) is 8.98. The van der Waals surface area contributed by atoms with Crippen molar-refractivity contribution in [3.8, 4) is 0 Å². The molecule has 1 aliphatic rings. The third-order valence-electron chi connectivity index (χ3n) is 3.89. The molecule has 0 N–H and O–H groups in total. The molecule has 1 nitrogen and oxygen atoms in total. The summed E-state index contributed by atoms with van der Waals surface area (Å²) in [4.78, 5) is 0. The van der Waals surface area contributed by atoms with Crippen LogP contribution in [0.5, 0.6) is 0 Å². The number of nitrogens with zero attached hydrogens (tertiary/aromatic N) is 1. The van der Waals surface area contributed by atoms with Gasteiger partial charge in [0.05, 0.1) is 26.7 Å². The van der Waals surface area contributed by atoms with Gasteiger partial charge in [-0.25, -0.2) is 0 Å². The number of unbranched alkanes of at least 4 members (excludes halogenated alkanes) is 1. The molecule has 1 unspecified atom stereocenters. The Balaban J connectivity index is 2.30. The van der Waals surface area contributed by atoms with Crippen molar-refractivity contribution in [3.05, 3.63) is 0 Å². The van der Waals surface area contributed by atoms with Crippen LogP contribution < -0.4 is 0 Å². The highest BCUT2D eigenvalue weighted by Crippen LogP contribution is 2.22. The third kappa shape index (κ3) is 3.61. The number of likely N-dealkylation sites (tertiary alicyclic amines) is 1. The number of hydrogen-bond acceptors (Lipinski definition) is 0. The Labute approximate surface area is 90.1 Å². The molecule has 84 valence electrons. The van der Waals surface area contributed by atoms with E-state index in [0.29, 0.717) is 0 Å². The van der Waals surface area contributed by atoms with Crippen LogP contribution in [-0.2, 0) is 0 Å². The molecule has 1 heterocycles. The molecular formula is C13H28N+. The lowest BCUT2D eigenvalue weighted by Gasteiger charge is -2.33. The van der Waals surface area contributed by atoms with Gasteiger partial charge in [-0.1, -0.05) is 26.7 Å². The van der Waals surface area contributed by atoms with Gasteiger partial charge in [0, 0.05) is 18.8 Å². The topological polar surface area (TPSA) is 0 Å². The molecule has 0 amide bonds. The Bertz CT molecular complexity index is 147. The standard InChI is InChI=1S/C13H28N/c1-4-6-9-13(5-2)12-14(3)10-7-8-11-14/h13H,4-12H2,1-3H3/q+1. The molecule has 1 heteroatoms. The average Bonchev–Trinajstić information content (AvgIpc) is 2.60. The molecule has 0 spiro atoms. The first-order chi connectivity index (χ1) is 6.70. The molecule has 0 aromatic rings. The predicted octanol–water partition coefficient (Wildman–Crippen LogP) is 3.44. The van der Waals surface area contributed by atoms with Crippen LogP contribution in [0.3, 0.4) is 0 Å². The van der Waals surface area contributed by atoms with Crippen LogP contribution in [0.15, 0.2) is 0 Å². The van der Waals surface area contributed by atoms with Crippen molar-refractivity contribution in [1.82, 2.24) is 0 Å². The highest BCUT2D eigenvalue weighted by atomic mass is 15.3. The maximum Gasteiger partial charge on any atom is 0.0813 e. The summed E-state index contributed by atoms with van der Waals surface area (Å²) >= 11 is 0. The Hall–Kier alpha value is -0.0400. The van der Waals surface area contributed by atoms with E-state index in [2.05, 4.69) is 20.9 Å². The second-order valence-corrected chi connectivity index (χ2v) is 5.37. The monoisotopic (exact) mass is 198 g/mol. The molecule has 1 saturated heterocycles.